The van der Waals surface area contributed by atoms with Gasteiger partial charge >= 0.3 is 0 Å². The molecule has 130 valence electrons. The van der Waals surface area contributed by atoms with E-state index in [1.54, 1.807) is 19.1 Å². The van der Waals surface area contributed by atoms with Gasteiger partial charge in [0.25, 0.3) is 0 Å². The van der Waals surface area contributed by atoms with Gasteiger partial charge < -0.3 is 5.11 Å². The van der Waals surface area contributed by atoms with Crippen molar-refractivity contribution in [2.45, 2.75) is 58.2 Å². The van der Waals surface area contributed by atoms with Gasteiger partial charge in [0, 0.05) is 22.7 Å². The first kappa shape index (κ1) is 16.2. The van der Waals surface area contributed by atoms with Crippen molar-refractivity contribution >= 4 is 11.6 Å². The molecule has 0 aliphatic heterocycles. The molecule has 24 heavy (non-hydrogen) atoms. The molecular weight excluding hydrogens is 307 g/mol. The van der Waals surface area contributed by atoms with Crippen LogP contribution < -0.4 is 0 Å². The smallest absolute Gasteiger partial charge is 0.178 e. The number of hydrogen-bond acceptors (Lipinski definition) is 3. The fraction of sp³-hybridized carbons (Fsp3) is 0.700. The fourth-order valence-corrected chi connectivity index (χ4v) is 6.33. The Labute approximate surface area is 142 Å². The van der Waals surface area contributed by atoms with Gasteiger partial charge in [-0.1, -0.05) is 25.5 Å². The zero-order chi connectivity index (χ0) is 17.5. The average Bonchev–Trinajstić information content (AvgIpc) is 2.74. The highest BCUT2D eigenvalue weighted by molar-refractivity contribution is 6.01. The first-order chi connectivity index (χ1) is 11.1. The second-order valence-corrected chi connectivity index (χ2v) is 8.77. The van der Waals surface area contributed by atoms with Crippen molar-refractivity contribution in [3.63, 3.8) is 0 Å². The third-order valence-corrected chi connectivity index (χ3v) is 7.65. The van der Waals surface area contributed by atoms with Crippen LogP contribution in [0.1, 0.15) is 46.5 Å². The Balaban J connectivity index is 1.84. The molecule has 4 aliphatic carbocycles. The van der Waals surface area contributed by atoms with Crippen molar-refractivity contribution in [2.75, 3.05) is 0 Å². The monoisotopic (exact) mass is 332 g/mol. The molecule has 4 heteroatoms. The highest BCUT2D eigenvalue weighted by Gasteiger charge is 2.71. The summed E-state index contributed by atoms with van der Waals surface area (Å²) in [6.07, 6.45) is 5.57. The van der Waals surface area contributed by atoms with Gasteiger partial charge in [0.2, 0.25) is 0 Å². The molecule has 0 aromatic rings. The van der Waals surface area contributed by atoms with Gasteiger partial charge in [-0.2, -0.15) is 0 Å². The second-order valence-electron chi connectivity index (χ2n) is 8.77. The lowest BCUT2D eigenvalue weighted by Gasteiger charge is -2.60. The predicted molar refractivity (Wildman–Crippen MR) is 87.9 cm³/mol. The topological polar surface area (TPSA) is 54.4 Å². The Morgan fingerprint density at radius 1 is 1.25 bits per heavy atom. The van der Waals surface area contributed by atoms with Crippen LogP contribution in [0.5, 0.6) is 0 Å². The molecule has 0 radical (unpaired) electrons. The van der Waals surface area contributed by atoms with Crippen LogP contribution in [-0.2, 0) is 9.59 Å². The number of aliphatic hydroxyl groups is 1. The number of carbonyl (C=O) groups is 2. The molecule has 1 unspecified atom stereocenters. The van der Waals surface area contributed by atoms with Crippen LogP contribution in [0.25, 0.3) is 0 Å². The molecule has 0 aromatic carbocycles. The van der Waals surface area contributed by atoms with Crippen molar-refractivity contribution in [3.8, 4) is 0 Å². The number of hydrogen-bond donors (Lipinski definition) is 1. The third kappa shape index (κ3) is 1.66. The molecule has 4 rings (SSSR count). The summed E-state index contributed by atoms with van der Waals surface area (Å²) in [4.78, 5) is 24.4. The minimum atomic E-state index is -1.82. The van der Waals surface area contributed by atoms with Gasteiger partial charge in [0.15, 0.2) is 11.5 Å². The van der Waals surface area contributed by atoms with Crippen LogP contribution in [0, 0.1) is 28.6 Å². The minimum absolute atomic E-state index is 0.0298. The molecule has 3 fully saturated rings. The second kappa shape index (κ2) is 4.66. The zero-order valence-electron chi connectivity index (χ0n) is 14.5. The molecule has 4 aliphatic rings. The number of carbonyl (C=O) groups excluding carboxylic acids is 2. The molecule has 7 atom stereocenters. The van der Waals surface area contributed by atoms with Gasteiger partial charge in [0.1, 0.15) is 5.78 Å². The van der Waals surface area contributed by atoms with E-state index >= 15 is 4.39 Å². The van der Waals surface area contributed by atoms with Crippen LogP contribution in [0.4, 0.5) is 4.39 Å². The Bertz CT molecular complexity index is 695. The van der Waals surface area contributed by atoms with E-state index in [0.717, 1.165) is 5.57 Å². The largest absolute Gasteiger partial charge is 0.390 e. The van der Waals surface area contributed by atoms with E-state index in [9.17, 15) is 14.7 Å². The van der Waals surface area contributed by atoms with Crippen LogP contribution in [-0.4, -0.2) is 28.4 Å². The first-order valence-electron chi connectivity index (χ1n) is 9.00. The summed E-state index contributed by atoms with van der Waals surface area (Å²) < 4.78 is 16.6. The van der Waals surface area contributed by atoms with Crippen LogP contribution >= 0.6 is 0 Å². The number of halogens is 1. The number of aliphatic hydroxyl groups excluding tert-OH is 1. The Kier molecular flexibility index (Phi) is 3.14. The Morgan fingerprint density at radius 2 is 1.96 bits per heavy atom. The number of alkyl halides is 1. The SMILES string of the molecule is C[C@H]1C[C@H]2[C@@H]3CCC4=CC(=O)C=C[C@]4(C)C3(F)[C@@H](O)C[C@]2(C)C1=O. The lowest BCUT2D eigenvalue weighted by atomic mass is 9.46. The van der Waals surface area contributed by atoms with Crippen molar-refractivity contribution < 1.29 is 19.1 Å². The van der Waals surface area contributed by atoms with Gasteiger partial charge in [-0.3, -0.25) is 9.59 Å². The zero-order valence-corrected chi connectivity index (χ0v) is 14.5. The maximum absolute atomic E-state index is 16.6. The van der Waals surface area contributed by atoms with Crippen molar-refractivity contribution in [3.05, 3.63) is 23.8 Å². The summed E-state index contributed by atoms with van der Waals surface area (Å²) >= 11 is 0. The molecule has 3 saturated carbocycles. The molecule has 0 aromatic heterocycles. The quantitative estimate of drug-likeness (QED) is 0.741. The fourth-order valence-electron chi connectivity index (χ4n) is 6.33. The summed E-state index contributed by atoms with van der Waals surface area (Å²) in [5, 5.41) is 10.9. The van der Waals surface area contributed by atoms with Gasteiger partial charge in [-0.25, -0.2) is 4.39 Å². The van der Waals surface area contributed by atoms with Crippen LogP contribution in [0.15, 0.2) is 23.8 Å². The third-order valence-electron chi connectivity index (χ3n) is 7.65. The lowest BCUT2D eigenvalue weighted by Crippen LogP contribution is -2.66. The molecule has 0 spiro atoms. The summed E-state index contributed by atoms with van der Waals surface area (Å²) in [7, 11) is 0. The molecule has 0 saturated heterocycles. The summed E-state index contributed by atoms with van der Waals surface area (Å²) in [5.74, 6) is -0.375. The molecule has 1 N–H and O–H groups in total. The number of rotatable bonds is 0. The summed E-state index contributed by atoms with van der Waals surface area (Å²) in [5.41, 5.74) is -2.61. The van der Waals surface area contributed by atoms with Gasteiger partial charge in [-0.05, 0) is 50.7 Å². The van der Waals surface area contributed by atoms with E-state index in [4.69, 9.17) is 0 Å². The number of allylic oxidation sites excluding steroid dienone is 4. The standard InChI is InChI=1S/C20H25FO3/c1-11-8-15-14-5-4-12-9-13(22)6-7-19(12,3)20(14,21)16(23)10-18(15,2)17(11)24/h6-7,9,11,14-16,23H,4-5,8,10H2,1-3H3/t11-,14-,15-,16-,18-,19-,20?/m0/s1. The molecule has 0 bridgehead atoms. The van der Waals surface area contributed by atoms with E-state index in [2.05, 4.69) is 0 Å². The van der Waals surface area contributed by atoms with Crippen molar-refractivity contribution in [1.82, 2.24) is 0 Å². The summed E-state index contributed by atoms with van der Waals surface area (Å²) in [6.45, 7) is 5.65. The number of Topliss-reactive ketones (excluding diaryl/α,β-unsaturated/α-hetero) is 1. The molecular formula is C20H25FO3. The number of fused-ring (bicyclic) bond motifs is 5. The highest BCUT2D eigenvalue weighted by Crippen LogP contribution is 2.67. The van der Waals surface area contributed by atoms with Crippen molar-refractivity contribution in [1.29, 1.82) is 0 Å². The minimum Gasteiger partial charge on any atom is -0.390 e. The summed E-state index contributed by atoms with van der Waals surface area (Å²) in [6, 6.07) is 0. The van der Waals surface area contributed by atoms with E-state index in [0.29, 0.717) is 19.3 Å². The van der Waals surface area contributed by atoms with Crippen LogP contribution in [0.3, 0.4) is 0 Å². The van der Waals surface area contributed by atoms with Gasteiger partial charge in [0.05, 0.1) is 6.10 Å². The maximum Gasteiger partial charge on any atom is 0.178 e. The van der Waals surface area contributed by atoms with E-state index in [-0.39, 0.29) is 35.7 Å². The van der Waals surface area contributed by atoms with Crippen molar-refractivity contribution in [2.24, 2.45) is 28.6 Å². The molecule has 0 heterocycles. The highest BCUT2D eigenvalue weighted by atomic mass is 19.1. The van der Waals surface area contributed by atoms with Gasteiger partial charge in [-0.15, -0.1) is 0 Å². The Hall–Kier alpha value is -1.29. The Morgan fingerprint density at radius 3 is 2.67 bits per heavy atom. The van der Waals surface area contributed by atoms with E-state index < -0.39 is 22.6 Å². The normalized spacial score (nSPS) is 53.3. The predicted octanol–water partition coefficient (Wildman–Crippen LogP) is 3.17. The van der Waals surface area contributed by atoms with Crippen LogP contribution in [0.2, 0.25) is 0 Å². The maximum atomic E-state index is 16.6. The van der Waals surface area contributed by atoms with E-state index in [1.165, 1.54) is 6.08 Å². The molecule has 0 amide bonds. The first-order valence-corrected chi connectivity index (χ1v) is 9.00. The average molecular weight is 332 g/mol. The number of ketones is 2. The lowest BCUT2D eigenvalue weighted by molar-refractivity contribution is -0.190. The van der Waals surface area contributed by atoms with E-state index in [1.807, 2.05) is 13.8 Å². The molecule has 3 nitrogen and oxygen atoms in total.